The Morgan fingerprint density at radius 1 is 1.20 bits per heavy atom. The molecular weight excluding hydrogens is 535 g/mol. The summed E-state index contributed by atoms with van der Waals surface area (Å²) in [6, 6.07) is 0.0810. The van der Waals surface area contributed by atoms with Crippen LogP contribution in [0.25, 0.3) is 10.9 Å². The molecule has 4 aliphatic heterocycles. The quantitative estimate of drug-likeness (QED) is 0.358. The summed E-state index contributed by atoms with van der Waals surface area (Å²) in [5.74, 6) is -0.127. The monoisotopic (exact) mass is 572 g/mol. The summed E-state index contributed by atoms with van der Waals surface area (Å²) < 4.78 is 27.3. The van der Waals surface area contributed by atoms with Gasteiger partial charge in [-0.15, -0.1) is 0 Å². The molecular formula is C29H38ClFN6O3. The maximum absolute atomic E-state index is 15.3. The minimum Gasteiger partial charge on any atom is -0.461 e. The highest BCUT2D eigenvalue weighted by atomic mass is 35.5. The Morgan fingerprint density at radius 2 is 1.93 bits per heavy atom. The summed E-state index contributed by atoms with van der Waals surface area (Å²) in [6.45, 7) is 13.5. The molecule has 6 heterocycles. The molecule has 0 aliphatic carbocycles. The van der Waals surface area contributed by atoms with E-state index in [0.29, 0.717) is 30.9 Å². The fourth-order valence-electron chi connectivity index (χ4n) is 6.87. The van der Waals surface area contributed by atoms with Crippen molar-refractivity contribution in [1.29, 1.82) is 0 Å². The van der Waals surface area contributed by atoms with Crippen molar-refractivity contribution >= 4 is 34.4 Å². The van der Waals surface area contributed by atoms with Crippen LogP contribution in [0.15, 0.2) is 17.3 Å². The molecule has 2 bridgehead atoms. The zero-order valence-corrected chi connectivity index (χ0v) is 24.7. The first kappa shape index (κ1) is 27.4. The van der Waals surface area contributed by atoms with Crippen LogP contribution in [0.2, 0.25) is 5.15 Å². The maximum Gasteiger partial charge on any atom is 0.410 e. The highest BCUT2D eigenvalue weighted by Crippen LogP contribution is 2.43. The molecule has 3 unspecified atom stereocenters. The number of rotatable bonds is 4. The van der Waals surface area contributed by atoms with Crippen molar-refractivity contribution in [3.8, 4) is 6.01 Å². The molecule has 0 radical (unpaired) electrons. The summed E-state index contributed by atoms with van der Waals surface area (Å²) in [4.78, 5) is 32.8. The average molecular weight is 573 g/mol. The molecule has 4 saturated heterocycles. The molecule has 0 spiro atoms. The molecule has 11 heteroatoms. The molecule has 6 rings (SSSR count). The Balaban J connectivity index is 1.30. The number of carbonyl (C=O) groups is 1. The number of nitrogens with zero attached hydrogens (tertiary/aromatic N) is 6. The van der Waals surface area contributed by atoms with Crippen molar-refractivity contribution in [2.24, 2.45) is 0 Å². The zero-order chi connectivity index (χ0) is 28.4. The van der Waals surface area contributed by atoms with Gasteiger partial charge < -0.3 is 14.4 Å². The third-order valence-corrected chi connectivity index (χ3v) is 9.09. The number of ether oxygens (including phenoxy) is 2. The summed E-state index contributed by atoms with van der Waals surface area (Å²) in [5, 5.41) is 0.246. The van der Waals surface area contributed by atoms with Gasteiger partial charge in [0.15, 0.2) is 11.0 Å². The van der Waals surface area contributed by atoms with Crippen LogP contribution in [0.5, 0.6) is 6.01 Å². The average Bonchev–Trinajstić information content (AvgIpc) is 3.52. The van der Waals surface area contributed by atoms with Crippen LogP contribution in [0.3, 0.4) is 0 Å². The number of halogens is 2. The first-order valence-corrected chi connectivity index (χ1v) is 14.6. The van der Waals surface area contributed by atoms with Crippen molar-refractivity contribution in [2.45, 2.75) is 89.9 Å². The lowest BCUT2D eigenvalue weighted by molar-refractivity contribution is 0.0122. The molecule has 9 nitrogen and oxygen atoms in total. The van der Waals surface area contributed by atoms with E-state index in [9.17, 15) is 4.79 Å². The molecule has 0 aromatic carbocycles. The van der Waals surface area contributed by atoms with Crippen LogP contribution in [0.4, 0.5) is 15.0 Å². The third kappa shape index (κ3) is 4.87. The predicted molar refractivity (Wildman–Crippen MR) is 151 cm³/mol. The van der Waals surface area contributed by atoms with Gasteiger partial charge in [-0.3, -0.25) is 9.80 Å². The van der Waals surface area contributed by atoms with E-state index in [1.165, 1.54) is 17.3 Å². The first-order chi connectivity index (χ1) is 18.9. The largest absolute Gasteiger partial charge is 0.461 e. The third-order valence-electron chi connectivity index (χ3n) is 8.83. The smallest absolute Gasteiger partial charge is 0.410 e. The fraction of sp³-hybridized carbons (Fsp3) is 0.655. The predicted octanol–water partition coefficient (Wildman–Crippen LogP) is 5.36. The molecule has 0 N–H and O–H groups in total. The lowest BCUT2D eigenvalue weighted by Gasteiger charge is -2.42. The van der Waals surface area contributed by atoms with Crippen LogP contribution in [0.1, 0.15) is 66.7 Å². The number of allylic oxidation sites excluding steroid dienone is 1. The summed E-state index contributed by atoms with van der Waals surface area (Å²) in [6.07, 6.45) is 6.12. The number of anilines is 1. The van der Waals surface area contributed by atoms with Gasteiger partial charge in [0.25, 0.3) is 0 Å². The van der Waals surface area contributed by atoms with Crippen molar-refractivity contribution in [3.63, 3.8) is 0 Å². The van der Waals surface area contributed by atoms with Gasteiger partial charge in [0.2, 0.25) is 0 Å². The van der Waals surface area contributed by atoms with Crippen LogP contribution < -0.4 is 9.64 Å². The summed E-state index contributed by atoms with van der Waals surface area (Å²) in [7, 11) is 0. The van der Waals surface area contributed by atoms with E-state index in [1.807, 2.05) is 25.7 Å². The molecule has 3 atom stereocenters. The van der Waals surface area contributed by atoms with E-state index in [-0.39, 0.29) is 40.4 Å². The van der Waals surface area contributed by atoms with Gasteiger partial charge >= 0.3 is 12.1 Å². The van der Waals surface area contributed by atoms with E-state index in [1.54, 1.807) is 0 Å². The van der Waals surface area contributed by atoms with E-state index in [0.717, 1.165) is 45.2 Å². The van der Waals surface area contributed by atoms with Crippen molar-refractivity contribution in [2.75, 3.05) is 37.7 Å². The van der Waals surface area contributed by atoms with Crippen LogP contribution in [-0.2, 0) is 4.74 Å². The van der Waals surface area contributed by atoms with E-state index in [4.69, 9.17) is 26.1 Å². The summed E-state index contributed by atoms with van der Waals surface area (Å²) in [5.41, 5.74) is 2.27. The normalized spacial score (nSPS) is 26.5. The molecule has 0 saturated carbocycles. The zero-order valence-electron chi connectivity index (χ0n) is 24.0. The number of hydrogen-bond donors (Lipinski definition) is 0. The molecule has 40 heavy (non-hydrogen) atoms. The van der Waals surface area contributed by atoms with Crippen molar-refractivity contribution < 1.29 is 18.7 Å². The molecule has 1 amide bonds. The highest BCUT2D eigenvalue weighted by Gasteiger charge is 2.48. The molecule has 2 aromatic heterocycles. The van der Waals surface area contributed by atoms with E-state index < -0.39 is 11.4 Å². The van der Waals surface area contributed by atoms with Gasteiger partial charge in [-0.2, -0.15) is 9.97 Å². The minimum absolute atomic E-state index is 0.0278. The highest BCUT2D eigenvalue weighted by molar-refractivity contribution is 6.30. The van der Waals surface area contributed by atoms with Crippen molar-refractivity contribution in [1.82, 2.24) is 24.8 Å². The van der Waals surface area contributed by atoms with Gasteiger partial charge in [0.05, 0.1) is 23.0 Å². The van der Waals surface area contributed by atoms with E-state index >= 15 is 4.39 Å². The Bertz CT molecular complexity index is 1360. The van der Waals surface area contributed by atoms with Gasteiger partial charge in [0, 0.05) is 25.8 Å². The second-order valence-electron chi connectivity index (χ2n) is 13.0. The lowest BCUT2D eigenvalue weighted by Crippen LogP contribution is -2.57. The topological polar surface area (TPSA) is 83.9 Å². The number of aromatic nitrogens is 3. The Kier molecular flexibility index (Phi) is 6.85. The SMILES string of the molecule is CC(C)=C1CN2CCCC2(COc2nc(N3CC4CCC(C3)N4C(=O)OC(C)(C)C)c3cnc(Cl)c(F)c3n2)C1. The molecule has 2 aromatic rings. The first-order valence-electron chi connectivity index (χ1n) is 14.3. The van der Waals surface area contributed by atoms with Gasteiger partial charge in [-0.25, -0.2) is 14.2 Å². The van der Waals surface area contributed by atoms with Gasteiger partial charge in [-0.05, 0) is 73.3 Å². The van der Waals surface area contributed by atoms with Gasteiger partial charge in [-0.1, -0.05) is 22.7 Å². The minimum atomic E-state index is -0.684. The van der Waals surface area contributed by atoms with Crippen LogP contribution in [0, 0.1) is 5.82 Å². The Labute approximate surface area is 239 Å². The molecule has 216 valence electrons. The Hall–Kier alpha value is -2.72. The van der Waals surface area contributed by atoms with Gasteiger partial charge in [0.1, 0.15) is 23.5 Å². The Morgan fingerprint density at radius 3 is 2.60 bits per heavy atom. The van der Waals surface area contributed by atoms with Crippen LogP contribution in [-0.4, -0.2) is 86.9 Å². The van der Waals surface area contributed by atoms with Crippen LogP contribution >= 0.6 is 11.6 Å². The fourth-order valence-corrected chi connectivity index (χ4v) is 7.00. The van der Waals surface area contributed by atoms with Crippen molar-refractivity contribution in [3.05, 3.63) is 28.3 Å². The maximum atomic E-state index is 15.3. The standard InChI is InChI=1S/C29H38ClFN6O3/c1-17(2)18-11-29(9-6-10-36(29)13-18)16-39-26-33-23-21(12-32-24(30)22(23)31)25(34-26)35-14-19-7-8-20(15-35)37(19)27(38)40-28(3,4)5/h12,19-20H,6-11,13-16H2,1-5H3. The summed E-state index contributed by atoms with van der Waals surface area (Å²) >= 11 is 6.07. The number of fused-ring (bicyclic) bond motifs is 4. The number of carbonyl (C=O) groups excluding carboxylic acids is 1. The lowest BCUT2D eigenvalue weighted by atomic mass is 9.92. The van der Waals surface area contributed by atoms with E-state index in [2.05, 4.69) is 33.6 Å². The second kappa shape index (κ2) is 9.98. The molecule has 4 fully saturated rings. The molecule has 4 aliphatic rings. The number of hydrogen-bond acceptors (Lipinski definition) is 8. The second-order valence-corrected chi connectivity index (χ2v) is 13.3. The number of pyridine rings is 1. The number of amides is 1. The number of piperazine rings is 1.